The first kappa shape index (κ1) is 27.0. The van der Waals surface area contributed by atoms with E-state index >= 15 is 0 Å². The van der Waals surface area contributed by atoms with E-state index in [0.717, 1.165) is 0 Å². The van der Waals surface area contributed by atoms with Crippen molar-refractivity contribution in [2.24, 2.45) is 0 Å². The maximum atomic E-state index is 10.5. The third-order valence-corrected chi connectivity index (χ3v) is 0.535. The Hall–Kier alpha value is -0.426. The average molecular weight is 437 g/mol. The molecule has 0 atom stereocenters. The van der Waals surface area contributed by atoms with Crippen LogP contribution < -0.4 is 15.3 Å². The number of carboxylic acids is 3. The van der Waals surface area contributed by atoms with Crippen molar-refractivity contribution < 1.29 is 105 Å². The molecule has 0 saturated carbocycles. The van der Waals surface area contributed by atoms with Gasteiger partial charge in [-0.3, -0.25) is 0 Å². The molecular weight excluding hydrogens is 434 g/mol. The van der Waals surface area contributed by atoms with Gasteiger partial charge in [0, 0.05) is 0 Å². The van der Waals surface area contributed by atoms with E-state index in [2.05, 4.69) is 0 Å². The van der Waals surface area contributed by atoms with Crippen LogP contribution in [0, 0.1) is 49.4 Å². The molecule has 0 aliphatic heterocycles. The van der Waals surface area contributed by atoms with Crippen molar-refractivity contribution in [1.82, 2.24) is 0 Å². The summed E-state index contributed by atoms with van der Waals surface area (Å²) in [4.78, 5) is 26.5. The average Bonchev–Trinajstić information content (AvgIpc) is 2.18. The fraction of sp³-hybridized carbons (Fsp3) is 0.500. The number of hydrogen-bond donors (Lipinski definition) is 0. The summed E-state index contributed by atoms with van der Waals surface area (Å²) in [6.07, 6.45) is -10.0. The van der Waals surface area contributed by atoms with Gasteiger partial charge in [0.05, 0.1) is 0 Å². The Morgan fingerprint density at radius 1 is 0.579 bits per heavy atom. The van der Waals surface area contributed by atoms with E-state index in [9.17, 15) is 26.3 Å². The maximum Gasteiger partial charge on any atom is 3.00 e. The predicted octanol–water partition coefficient (Wildman–Crippen LogP) is -3.00. The second kappa shape index (κ2) is 15.6. The minimum absolute atomic E-state index is 0. The maximum absolute atomic E-state index is 10.5. The number of carboxylic acid groups (broad SMARTS) is 3. The molecule has 0 fully saturated rings. The zero-order valence-electron chi connectivity index (χ0n) is 8.33. The molecule has 13 heteroatoms. The van der Waals surface area contributed by atoms with Crippen LogP contribution in [0.4, 0.5) is 26.3 Å². The standard InChI is InChI=1S/3C2H2F2O2.Eu/c3*3-1(4)2(5)6;/h3*1H,(H,5,6);/q;;;+3/p-3. The molecule has 0 aromatic heterocycles. The summed E-state index contributed by atoms with van der Waals surface area (Å²) in [6, 6.07) is 0. The summed E-state index contributed by atoms with van der Waals surface area (Å²) in [5.41, 5.74) is 0. The van der Waals surface area contributed by atoms with Gasteiger partial charge in [-0.25, -0.2) is 26.3 Å². The van der Waals surface area contributed by atoms with E-state index in [4.69, 9.17) is 29.7 Å². The molecule has 0 aliphatic carbocycles. The summed E-state index contributed by atoms with van der Waals surface area (Å²) in [5.74, 6) is -6.97. The number of carbonyl (C=O) groups excluding carboxylic acids is 3. The molecule has 0 spiro atoms. The second-order valence-corrected chi connectivity index (χ2v) is 1.86. The Balaban J connectivity index is -0.0000000865. The van der Waals surface area contributed by atoms with Crippen molar-refractivity contribution in [2.45, 2.75) is 19.3 Å². The van der Waals surface area contributed by atoms with Crippen molar-refractivity contribution in [3.63, 3.8) is 0 Å². The van der Waals surface area contributed by atoms with Crippen LogP contribution in [-0.2, 0) is 14.4 Å². The molecule has 0 aromatic carbocycles. The summed E-state index contributed by atoms with van der Waals surface area (Å²) in [7, 11) is 0. The van der Waals surface area contributed by atoms with E-state index in [0.29, 0.717) is 0 Å². The van der Waals surface area contributed by atoms with Crippen LogP contribution in [0.3, 0.4) is 0 Å². The van der Waals surface area contributed by atoms with Gasteiger partial charge in [0.25, 0.3) is 19.3 Å². The largest absolute Gasteiger partial charge is 3.00 e. The Kier molecular flexibility index (Phi) is 22.2. The molecule has 0 aromatic rings. The van der Waals surface area contributed by atoms with Crippen molar-refractivity contribution in [3.05, 3.63) is 0 Å². The molecule has 19 heavy (non-hydrogen) atoms. The molecule has 112 valence electrons. The summed E-state index contributed by atoms with van der Waals surface area (Å²) in [6.45, 7) is 0. The number of halogens is 6. The third kappa shape index (κ3) is 31.8. The van der Waals surface area contributed by atoms with Gasteiger partial charge in [0.2, 0.25) is 0 Å². The van der Waals surface area contributed by atoms with E-state index in [1.165, 1.54) is 0 Å². The fourth-order valence-corrected chi connectivity index (χ4v) is 0. The Morgan fingerprint density at radius 3 is 0.632 bits per heavy atom. The molecule has 0 aliphatic rings. The summed E-state index contributed by atoms with van der Waals surface area (Å²) >= 11 is 0. The van der Waals surface area contributed by atoms with Gasteiger partial charge >= 0.3 is 49.4 Å². The minimum Gasteiger partial charge on any atom is -0.544 e. The SMILES string of the molecule is O=C([O-])C(F)F.O=C([O-])C(F)F.O=C([O-])C(F)F.[Eu+3]. The first-order valence-electron chi connectivity index (χ1n) is 3.40. The van der Waals surface area contributed by atoms with E-state index in [1.54, 1.807) is 0 Å². The van der Waals surface area contributed by atoms with Crippen molar-refractivity contribution in [3.8, 4) is 0 Å². The zero-order chi connectivity index (χ0) is 15.5. The molecule has 0 heterocycles. The molecular formula is C6H3EuF6O6. The van der Waals surface area contributed by atoms with E-state index in [-0.39, 0.29) is 49.4 Å². The normalized spacial score (nSPS) is 8.68. The van der Waals surface area contributed by atoms with Gasteiger partial charge < -0.3 is 29.7 Å². The first-order chi connectivity index (χ1) is 7.93. The van der Waals surface area contributed by atoms with Crippen LogP contribution in [0.25, 0.3) is 0 Å². The minimum atomic E-state index is -3.34. The predicted molar refractivity (Wildman–Crippen MR) is 33.0 cm³/mol. The molecule has 0 rings (SSSR count). The molecule has 6 nitrogen and oxygen atoms in total. The van der Waals surface area contributed by atoms with Gasteiger partial charge in [-0.2, -0.15) is 0 Å². The zero-order valence-corrected chi connectivity index (χ0v) is 10.8. The Labute approximate surface area is 141 Å². The number of rotatable bonds is 3. The summed E-state index contributed by atoms with van der Waals surface area (Å²) < 4.78 is 63.0. The van der Waals surface area contributed by atoms with Crippen LogP contribution in [-0.4, -0.2) is 37.2 Å². The van der Waals surface area contributed by atoms with Crippen LogP contribution in [0.1, 0.15) is 0 Å². The van der Waals surface area contributed by atoms with Gasteiger partial charge in [-0.05, 0) is 0 Å². The van der Waals surface area contributed by atoms with Crippen LogP contribution in [0.2, 0.25) is 0 Å². The second-order valence-electron chi connectivity index (χ2n) is 1.86. The molecule has 0 unspecified atom stereocenters. The quantitative estimate of drug-likeness (QED) is 0.435. The number of hydrogen-bond acceptors (Lipinski definition) is 6. The van der Waals surface area contributed by atoms with E-state index in [1.807, 2.05) is 0 Å². The molecule has 0 bridgehead atoms. The van der Waals surface area contributed by atoms with Gasteiger partial charge in [-0.1, -0.05) is 0 Å². The molecule has 0 saturated heterocycles. The van der Waals surface area contributed by atoms with E-state index < -0.39 is 37.2 Å². The van der Waals surface area contributed by atoms with Gasteiger partial charge in [0.15, 0.2) is 0 Å². The van der Waals surface area contributed by atoms with Crippen LogP contribution in [0.15, 0.2) is 0 Å². The van der Waals surface area contributed by atoms with Gasteiger partial charge in [0.1, 0.15) is 17.9 Å². The summed E-state index contributed by atoms with van der Waals surface area (Å²) in [5, 5.41) is 26.5. The monoisotopic (exact) mass is 438 g/mol. The number of carbonyl (C=O) groups is 3. The fourth-order valence-electron chi connectivity index (χ4n) is 0. The Bertz CT molecular complexity index is 230. The third-order valence-electron chi connectivity index (χ3n) is 0.535. The Morgan fingerprint density at radius 2 is 0.632 bits per heavy atom. The number of alkyl halides is 6. The first-order valence-corrected chi connectivity index (χ1v) is 3.40. The smallest absolute Gasteiger partial charge is 0.544 e. The molecule has 0 N–H and O–H groups in total. The topological polar surface area (TPSA) is 120 Å². The van der Waals surface area contributed by atoms with Crippen molar-refractivity contribution >= 4 is 17.9 Å². The number of aliphatic carboxylic acids is 3. The van der Waals surface area contributed by atoms with Gasteiger partial charge in [-0.15, -0.1) is 0 Å². The van der Waals surface area contributed by atoms with Crippen molar-refractivity contribution in [2.75, 3.05) is 0 Å². The molecule has 0 radical (unpaired) electrons. The molecule has 0 amide bonds. The van der Waals surface area contributed by atoms with Crippen molar-refractivity contribution in [1.29, 1.82) is 0 Å². The van der Waals surface area contributed by atoms with Crippen LogP contribution in [0.5, 0.6) is 0 Å². The van der Waals surface area contributed by atoms with Crippen LogP contribution >= 0.6 is 0 Å².